The summed E-state index contributed by atoms with van der Waals surface area (Å²) in [5.41, 5.74) is -0.0153. The highest BCUT2D eigenvalue weighted by Gasteiger charge is 2.12. The summed E-state index contributed by atoms with van der Waals surface area (Å²) in [6.07, 6.45) is 0. The minimum absolute atomic E-state index is 0.0743. The van der Waals surface area contributed by atoms with Crippen LogP contribution in [-0.4, -0.2) is 0 Å². The van der Waals surface area contributed by atoms with E-state index in [0.717, 1.165) is 12.1 Å². The second-order valence-electron chi connectivity index (χ2n) is 3.53. The highest BCUT2D eigenvalue weighted by molar-refractivity contribution is 6.33. The van der Waals surface area contributed by atoms with Crippen LogP contribution < -0.4 is 5.32 Å². The van der Waals surface area contributed by atoms with Crippen molar-refractivity contribution in [3.8, 4) is 6.07 Å². The molecule has 0 amide bonds. The zero-order valence-corrected chi connectivity index (χ0v) is 9.80. The number of halogens is 3. The van der Waals surface area contributed by atoms with Crippen LogP contribution >= 0.6 is 11.6 Å². The summed E-state index contributed by atoms with van der Waals surface area (Å²) in [6, 6.07) is 10.2. The molecule has 0 heterocycles. The van der Waals surface area contributed by atoms with Crippen molar-refractivity contribution in [2.24, 2.45) is 0 Å². The van der Waals surface area contributed by atoms with Gasteiger partial charge in [-0.25, -0.2) is 8.78 Å². The van der Waals surface area contributed by atoms with E-state index in [9.17, 15) is 8.78 Å². The topological polar surface area (TPSA) is 35.8 Å². The fourth-order valence-electron chi connectivity index (χ4n) is 1.45. The maximum atomic E-state index is 13.6. The largest absolute Gasteiger partial charge is 0.350 e. The third-order valence-corrected chi connectivity index (χ3v) is 2.63. The molecule has 0 aliphatic heterocycles. The lowest BCUT2D eigenvalue weighted by molar-refractivity contribution is 0.590. The molecule has 0 saturated heterocycles. The number of para-hydroxylation sites is 1. The Balaban J connectivity index is 2.42. The summed E-state index contributed by atoms with van der Waals surface area (Å²) in [5, 5.41) is 11.5. The molecule has 2 nitrogen and oxygen atoms in total. The van der Waals surface area contributed by atoms with Gasteiger partial charge in [0.25, 0.3) is 0 Å². The van der Waals surface area contributed by atoms with Crippen molar-refractivity contribution in [3.63, 3.8) is 0 Å². The zero-order valence-electron chi connectivity index (χ0n) is 9.05. The third kappa shape index (κ3) is 2.41. The van der Waals surface area contributed by atoms with Gasteiger partial charge in [-0.05, 0) is 24.3 Å². The van der Waals surface area contributed by atoms with Crippen molar-refractivity contribution in [1.82, 2.24) is 0 Å². The number of rotatable bonds is 2. The van der Waals surface area contributed by atoms with Crippen LogP contribution in [0.15, 0.2) is 36.4 Å². The Hall–Kier alpha value is -2.12. The quantitative estimate of drug-likeness (QED) is 0.881. The predicted octanol–water partition coefficient (Wildman–Crippen LogP) is 4.23. The molecule has 0 bridgehead atoms. The molecule has 18 heavy (non-hydrogen) atoms. The summed E-state index contributed by atoms with van der Waals surface area (Å²) < 4.78 is 27.2. The molecule has 2 rings (SSSR count). The first-order valence-electron chi connectivity index (χ1n) is 5.02. The average molecular weight is 265 g/mol. The van der Waals surface area contributed by atoms with Crippen LogP contribution in [0.1, 0.15) is 5.56 Å². The minimum atomic E-state index is -0.841. The lowest BCUT2D eigenvalue weighted by atomic mass is 10.2. The summed E-state index contributed by atoms with van der Waals surface area (Å²) in [5.74, 6) is -1.68. The molecule has 2 aromatic rings. The number of hydrogen-bond acceptors (Lipinski definition) is 2. The molecule has 2 aromatic carbocycles. The molecule has 0 aliphatic carbocycles. The van der Waals surface area contributed by atoms with E-state index in [0.29, 0.717) is 10.7 Å². The van der Waals surface area contributed by atoms with Crippen molar-refractivity contribution in [2.45, 2.75) is 0 Å². The molecule has 0 spiro atoms. The van der Waals surface area contributed by atoms with Gasteiger partial charge in [0.05, 0.1) is 22.3 Å². The Morgan fingerprint density at radius 3 is 2.28 bits per heavy atom. The summed E-state index contributed by atoms with van der Waals surface area (Å²) in [6.45, 7) is 0. The fourth-order valence-corrected chi connectivity index (χ4v) is 1.64. The number of benzene rings is 2. The van der Waals surface area contributed by atoms with Crippen molar-refractivity contribution < 1.29 is 8.78 Å². The van der Waals surface area contributed by atoms with Gasteiger partial charge < -0.3 is 5.32 Å². The van der Waals surface area contributed by atoms with Gasteiger partial charge in [0, 0.05) is 0 Å². The zero-order chi connectivity index (χ0) is 13.1. The Labute approximate surface area is 107 Å². The molecule has 0 saturated carbocycles. The maximum absolute atomic E-state index is 13.6. The smallest absolute Gasteiger partial charge is 0.150 e. The molecule has 0 atom stereocenters. The van der Waals surface area contributed by atoms with Crippen LogP contribution in [0.25, 0.3) is 0 Å². The van der Waals surface area contributed by atoms with Crippen LogP contribution in [0.4, 0.5) is 20.2 Å². The standard InChI is InChI=1S/C13H7ClF2N2/c14-9-3-1-2-4-12(9)18-13-10(15)5-8(7-17)6-11(13)16/h1-6,18H. The second kappa shape index (κ2) is 5.03. The first-order chi connectivity index (χ1) is 8.61. The van der Waals surface area contributed by atoms with Crippen LogP contribution in [0.3, 0.4) is 0 Å². The van der Waals surface area contributed by atoms with Gasteiger partial charge in [-0.2, -0.15) is 5.26 Å². The van der Waals surface area contributed by atoms with E-state index >= 15 is 0 Å². The van der Waals surface area contributed by atoms with Gasteiger partial charge in [0.2, 0.25) is 0 Å². The number of nitriles is 1. The number of nitrogens with one attached hydrogen (secondary N) is 1. The normalized spacial score (nSPS) is 9.89. The fraction of sp³-hybridized carbons (Fsp3) is 0. The van der Waals surface area contributed by atoms with E-state index in [4.69, 9.17) is 16.9 Å². The molecule has 0 aromatic heterocycles. The maximum Gasteiger partial charge on any atom is 0.150 e. The van der Waals surface area contributed by atoms with Crippen LogP contribution in [0, 0.1) is 23.0 Å². The molecule has 5 heteroatoms. The highest BCUT2D eigenvalue weighted by atomic mass is 35.5. The number of nitrogens with zero attached hydrogens (tertiary/aromatic N) is 1. The third-order valence-electron chi connectivity index (χ3n) is 2.30. The lowest BCUT2D eigenvalue weighted by Gasteiger charge is -2.10. The van der Waals surface area contributed by atoms with E-state index in [1.54, 1.807) is 30.3 Å². The van der Waals surface area contributed by atoms with Gasteiger partial charge in [-0.1, -0.05) is 23.7 Å². The van der Waals surface area contributed by atoms with Gasteiger partial charge in [-0.3, -0.25) is 0 Å². The van der Waals surface area contributed by atoms with Crippen LogP contribution in [-0.2, 0) is 0 Å². The van der Waals surface area contributed by atoms with Crippen molar-refractivity contribution in [2.75, 3.05) is 5.32 Å². The van der Waals surface area contributed by atoms with Crippen molar-refractivity contribution >= 4 is 23.0 Å². The number of anilines is 2. The molecule has 0 radical (unpaired) electrons. The Morgan fingerprint density at radius 1 is 1.11 bits per heavy atom. The van der Waals surface area contributed by atoms with Gasteiger partial charge in [0.15, 0.2) is 11.6 Å². The van der Waals surface area contributed by atoms with Crippen LogP contribution in [0.2, 0.25) is 5.02 Å². The van der Waals surface area contributed by atoms with Gasteiger partial charge in [0.1, 0.15) is 5.69 Å². The number of hydrogen-bond donors (Lipinski definition) is 1. The lowest BCUT2D eigenvalue weighted by Crippen LogP contribution is -1.99. The Bertz CT molecular complexity index is 612. The Morgan fingerprint density at radius 2 is 1.72 bits per heavy atom. The summed E-state index contributed by atoms with van der Waals surface area (Å²) >= 11 is 5.88. The molecular weight excluding hydrogens is 258 g/mol. The van der Waals surface area contributed by atoms with E-state index in [2.05, 4.69) is 5.32 Å². The average Bonchev–Trinajstić information content (AvgIpc) is 2.35. The van der Waals surface area contributed by atoms with Crippen LogP contribution in [0.5, 0.6) is 0 Å². The van der Waals surface area contributed by atoms with E-state index in [-0.39, 0.29) is 11.3 Å². The first kappa shape index (κ1) is 12.3. The second-order valence-corrected chi connectivity index (χ2v) is 3.94. The molecule has 0 aliphatic rings. The van der Waals surface area contributed by atoms with E-state index in [1.165, 1.54) is 0 Å². The Kier molecular flexibility index (Phi) is 3.45. The molecule has 90 valence electrons. The summed E-state index contributed by atoms with van der Waals surface area (Å²) in [7, 11) is 0. The molecular formula is C13H7ClF2N2. The van der Waals surface area contributed by atoms with Gasteiger partial charge in [-0.15, -0.1) is 0 Å². The van der Waals surface area contributed by atoms with Crippen molar-refractivity contribution in [1.29, 1.82) is 5.26 Å². The van der Waals surface area contributed by atoms with E-state index in [1.807, 2.05) is 0 Å². The highest BCUT2D eigenvalue weighted by Crippen LogP contribution is 2.28. The molecule has 0 unspecified atom stereocenters. The minimum Gasteiger partial charge on any atom is -0.350 e. The van der Waals surface area contributed by atoms with Gasteiger partial charge >= 0.3 is 0 Å². The van der Waals surface area contributed by atoms with E-state index < -0.39 is 11.6 Å². The molecule has 0 fully saturated rings. The molecule has 1 N–H and O–H groups in total. The predicted molar refractivity (Wildman–Crippen MR) is 65.8 cm³/mol. The van der Waals surface area contributed by atoms with Crippen molar-refractivity contribution in [3.05, 3.63) is 58.6 Å². The SMILES string of the molecule is N#Cc1cc(F)c(Nc2ccccc2Cl)c(F)c1. The monoisotopic (exact) mass is 264 g/mol. The first-order valence-corrected chi connectivity index (χ1v) is 5.40. The summed E-state index contributed by atoms with van der Waals surface area (Å²) in [4.78, 5) is 0.